The molecule has 0 bridgehead atoms. The molecule has 4 aromatic carbocycles. The number of anilines is 1. The fraction of sp³-hybridized carbons (Fsp3) is 0.257. The fourth-order valence-corrected chi connectivity index (χ4v) is 6.89. The van der Waals surface area contributed by atoms with Crippen molar-refractivity contribution >= 4 is 43.5 Å². The van der Waals surface area contributed by atoms with Crippen LogP contribution in [0, 0.1) is 13.8 Å². The van der Waals surface area contributed by atoms with Gasteiger partial charge in [-0.25, -0.2) is 8.42 Å². The zero-order chi connectivity index (χ0) is 31.9. The van der Waals surface area contributed by atoms with E-state index in [2.05, 4.69) is 21.2 Å². The predicted molar refractivity (Wildman–Crippen MR) is 179 cm³/mol. The van der Waals surface area contributed by atoms with Gasteiger partial charge in [0.15, 0.2) is 0 Å². The summed E-state index contributed by atoms with van der Waals surface area (Å²) < 4.78 is 30.3. The molecule has 4 rings (SSSR count). The standard InChI is InChI=1S/C35H38BrN3O4S/c1-25(2)37-35(41)33(22-28-12-6-5-7-13-28)38(23-29-14-10-15-30(36)21-29)34(40)24-39(32-16-9-8-11-27(32)4)44(42,43)31-19-17-26(3)18-20-31/h5-21,25,33H,22-24H2,1-4H3,(H,37,41). The molecule has 1 atom stereocenters. The number of nitrogens with zero attached hydrogens (tertiary/aromatic N) is 2. The zero-order valence-electron chi connectivity index (χ0n) is 25.4. The van der Waals surface area contributed by atoms with Gasteiger partial charge in [-0.1, -0.05) is 94.3 Å². The van der Waals surface area contributed by atoms with Gasteiger partial charge < -0.3 is 10.2 Å². The normalized spacial score (nSPS) is 12.0. The second kappa shape index (κ2) is 14.7. The van der Waals surface area contributed by atoms with E-state index in [1.54, 1.807) is 36.4 Å². The molecule has 2 amide bonds. The number of benzene rings is 4. The molecule has 1 unspecified atom stereocenters. The summed E-state index contributed by atoms with van der Waals surface area (Å²) in [4.78, 5) is 29.9. The number of aryl methyl sites for hydroxylation is 2. The van der Waals surface area contributed by atoms with E-state index in [4.69, 9.17) is 0 Å². The maximum Gasteiger partial charge on any atom is 0.264 e. The lowest BCUT2D eigenvalue weighted by Gasteiger charge is -2.34. The van der Waals surface area contributed by atoms with Crippen LogP contribution in [0.4, 0.5) is 5.69 Å². The summed E-state index contributed by atoms with van der Waals surface area (Å²) in [6.07, 6.45) is 0.258. The van der Waals surface area contributed by atoms with Gasteiger partial charge in [0.2, 0.25) is 11.8 Å². The number of sulfonamides is 1. The predicted octanol–water partition coefficient (Wildman–Crippen LogP) is 6.43. The lowest BCUT2D eigenvalue weighted by Crippen LogP contribution is -2.54. The summed E-state index contributed by atoms with van der Waals surface area (Å²) in [7, 11) is -4.15. The van der Waals surface area contributed by atoms with Crippen LogP contribution in [0.2, 0.25) is 0 Å². The van der Waals surface area contributed by atoms with Crippen molar-refractivity contribution in [3.8, 4) is 0 Å². The van der Waals surface area contributed by atoms with Gasteiger partial charge in [-0.05, 0) is 74.7 Å². The minimum Gasteiger partial charge on any atom is -0.352 e. The Morgan fingerprint density at radius 3 is 2.09 bits per heavy atom. The first-order valence-corrected chi connectivity index (χ1v) is 16.7. The Morgan fingerprint density at radius 1 is 0.818 bits per heavy atom. The average molecular weight is 677 g/mol. The maximum absolute atomic E-state index is 14.5. The molecule has 230 valence electrons. The minimum absolute atomic E-state index is 0.0797. The highest BCUT2D eigenvalue weighted by Crippen LogP contribution is 2.28. The lowest BCUT2D eigenvalue weighted by atomic mass is 10.0. The van der Waals surface area contributed by atoms with Gasteiger partial charge in [-0.15, -0.1) is 0 Å². The smallest absolute Gasteiger partial charge is 0.264 e. The van der Waals surface area contributed by atoms with Crippen molar-refractivity contribution < 1.29 is 18.0 Å². The van der Waals surface area contributed by atoms with Gasteiger partial charge in [-0.2, -0.15) is 0 Å². The summed E-state index contributed by atoms with van der Waals surface area (Å²) in [5, 5.41) is 2.98. The molecule has 0 saturated carbocycles. The van der Waals surface area contributed by atoms with E-state index in [0.29, 0.717) is 11.3 Å². The van der Waals surface area contributed by atoms with E-state index in [-0.39, 0.29) is 29.8 Å². The van der Waals surface area contributed by atoms with E-state index in [9.17, 15) is 18.0 Å². The zero-order valence-corrected chi connectivity index (χ0v) is 27.8. The van der Waals surface area contributed by atoms with Crippen molar-refractivity contribution in [3.63, 3.8) is 0 Å². The third kappa shape index (κ3) is 8.36. The summed E-state index contributed by atoms with van der Waals surface area (Å²) in [6.45, 7) is 7.04. The second-order valence-electron chi connectivity index (χ2n) is 11.1. The summed E-state index contributed by atoms with van der Waals surface area (Å²) in [6, 6.07) is 29.6. The molecule has 9 heteroatoms. The number of rotatable bonds is 12. The highest BCUT2D eigenvalue weighted by molar-refractivity contribution is 9.10. The maximum atomic E-state index is 14.5. The summed E-state index contributed by atoms with van der Waals surface area (Å²) >= 11 is 3.51. The number of hydrogen-bond donors (Lipinski definition) is 1. The monoisotopic (exact) mass is 675 g/mol. The van der Waals surface area contributed by atoms with Gasteiger partial charge in [0.1, 0.15) is 12.6 Å². The number of para-hydroxylation sites is 1. The topological polar surface area (TPSA) is 86.8 Å². The first-order valence-electron chi connectivity index (χ1n) is 14.5. The molecule has 0 saturated heterocycles. The van der Waals surface area contributed by atoms with Crippen LogP contribution in [0.25, 0.3) is 0 Å². The van der Waals surface area contributed by atoms with E-state index in [0.717, 1.165) is 25.5 Å². The number of hydrogen-bond acceptors (Lipinski definition) is 4. The van der Waals surface area contributed by atoms with Gasteiger partial charge in [-0.3, -0.25) is 13.9 Å². The summed E-state index contributed by atoms with van der Waals surface area (Å²) in [5.74, 6) is -0.806. The van der Waals surface area contributed by atoms with Crippen molar-refractivity contribution in [2.75, 3.05) is 10.8 Å². The van der Waals surface area contributed by atoms with E-state index < -0.39 is 28.5 Å². The number of halogens is 1. The van der Waals surface area contributed by atoms with Crippen molar-refractivity contribution in [2.45, 2.75) is 57.6 Å². The summed E-state index contributed by atoms with van der Waals surface area (Å²) in [5.41, 5.74) is 3.70. The Kier molecular flexibility index (Phi) is 11.0. The highest BCUT2D eigenvalue weighted by atomic mass is 79.9. The molecule has 4 aromatic rings. The first kappa shape index (κ1) is 33.0. The Morgan fingerprint density at radius 2 is 1.45 bits per heavy atom. The second-order valence-corrected chi connectivity index (χ2v) is 13.9. The molecule has 7 nitrogen and oxygen atoms in total. The van der Waals surface area contributed by atoms with E-state index in [1.165, 1.54) is 4.90 Å². The van der Waals surface area contributed by atoms with Gasteiger partial charge >= 0.3 is 0 Å². The first-order chi connectivity index (χ1) is 21.0. The largest absolute Gasteiger partial charge is 0.352 e. The third-order valence-corrected chi connectivity index (χ3v) is 9.48. The van der Waals surface area contributed by atoms with Crippen LogP contribution in [0.3, 0.4) is 0 Å². The van der Waals surface area contributed by atoms with Crippen LogP contribution in [0.5, 0.6) is 0 Å². The van der Waals surface area contributed by atoms with Gasteiger partial charge in [0.25, 0.3) is 10.0 Å². The molecule has 44 heavy (non-hydrogen) atoms. The van der Waals surface area contributed by atoms with Crippen LogP contribution in [-0.2, 0) is 32.6 Å². The quantitative estimate of drug-likeness (QED) is 0.188. The van der Waals surface area contributed by atoms with Crippen molar-refractivity contribution in [2.24, 2.45) is 0 Å². The lowest BCUT2D eigenvalue weighted by molar-refractivity contribution is -0.140. The van der Waals surface area contributed by atoms with Gasteiger partial charge in [0, 0.05) is 23.5 Å². The minimum atomic E-state index is -4.15. The third-order valence-electron chi connectivity index (χ3n) is 7.22. The fourth-order valence-electron chi connectivity index (χ4n) is 4.96. The average Bonchev–Trinajstić information content (AvgIpc) is 2.98. The molecule has 1 N–H and O–H groups in total. The van der Waals surface area contributed by atoms with Crippen LogP contribution in [-0.4, -0.2) is 43.8 Å². The molecule has 0 heterocycles. The Labute approximate surface area is 269 Å². The van der Waals surface area contributed by atoms with Crippen molar-refractivity contribution in [1.82, 2.24) is 10.2 Å². The van der Waals surface area contributed by atoms with E-state index >= 15 is 0 Å². The Hall–Kier alpha value is -3.95. The van der Waals surface area contributed by atoms with Crippen LogP contribution >= 0.6 is 15.9 Å². The molecule has 0 aromatic heterocycles. The Bertz CT molecular complexity index is 1690. The van der Waals surface area contributed by atoms with Gasteiger partial charge in [0.05, 0.1) is 10.6 Å². The molecule has 0 aliphatic heterocycles. The number of amides is 2. The van der Waals surface area contributed by atoms with Crippen LogP contribution in [0.1, 0.15) is 36.1 Å². The van der Waals surface area contributed by atoms with Crippen LogP contribution < -0.4 is 9.62 Å². The molecular formula is C35H38BrN3O4S. The number of carbonyl (C=O) groups excluding carboxylic acids is 2. The Balaban J connectivity index is 1.82. The molecule has 0 aliphatic rings. The van der Waals surface area contributed by atoms with Crippen LogP contribution in [0.15, 0.2) is 112 Å². The number of carbonyl (C=O) groups is 2. The molecule has 0 fully saturated rings. The molecular weight excluding hydrogens is 638 g/mol. The molecule has 0 spiro atoms. The number of nitrogens with one attached hydrogen (secondary N) is 1. The van der Waals surface area contributed by atoms with Crippen molar-refractivity contribution in [3.05, 3.63) is 130 Å². The highest BCUT2D eigenvalue weighted by Gasteiger charge is 2.35. The molecule has 0 radical (unpaired) electrons. The molecule has 0 aliphatic carbocycles. The van der Waals surface area contributed by atoms with Crippen molar-refractivity contribution in [1.29, 1.82) is 0 Å². The SMILES string of the molecule is Cc1ccc(S(=O)(=O)N(CC(=O)N(Cc2cccc(Br)c2)C(Cc2ccccc2)C(=O)NC(C)C)c2ccccc2C)cc1. The van der Waals surface area contributed by atoms with E-state index in [1.807, 2.05) is 94.4 Å².